The summed E-state index contributed by atoms with van der Waals surface area (Å²) in [5.74, 6) is -0.585. The Morgan fingerprint density at radius 1 is 1.53 bits per heavy atom. The summed E-state index contributed by atoms with van der Waals surface area (Å²) >= 11 is 3.28. The van der Waals surface area contributed by atoms with Crippen LogP contribution < -0.4 is 4.74 Å². The van der Waals surface area contributed by atoms with Gasteiger partial charge in [0.1, 0.15) is 17.9 Å². The predicted molar refractivity (Wildman–Crippen MR) is 73.6 cm³/mol. The van der Waals surface area contributed by atoms with Crippen molar-refractivity contribution < 1.29 is 14.6 Å². The number of ether oxygens (including phenoxy) is 1. The first-order chi connectivity index (χ1) is 9.08. The number of carbonyl (C=O) groups is 1. The van der Waals surface area contributed by atoms with Crippen molar-refractivity contribution in [2.24, 2.45) is 0 Å². The monoisotopic (exact) mass is 324 g/mol. The smallest absolute Gasteiger partial charge is 0.339 e. The van der Waals surface area contributed by atoms with Gasteiger partial charge in [0.25, 0.3) is 0 Å². The van der Waals surface area contributed by atoms with Crippen molar-refractivity contribution in [3.05, 3.63) is 46.5 Å². The second-order valence-corrected chi connectivity index (χ2v) is 4.97. The van der Waals surface area contributed by atoms with E-state index in [4.69, 9.17) is 4.74 Å². The fraction of sp³-hybridized carbons (Fsp3) is 0.231. The number of carboxylic acids is 1. The molecule has 0 saturated carbocycles. The Kier molecular flexibility index (Phi) is 4.21. The summed E-state index contributed by atoms with van der Waals surface area (Å²) < 4.78 is 8.20. The van der Waals surface area contributed by atoms with Crippen LogP contribution in [0.3, 0.4) is 0 Å². The van der Waals surface area contributed by atoms with Crippen LogP contribution in [0.1, 0.15) is 15.9 Å². The van der Waals surface area contributed by atoms with E-state index in [0.717, 1.165) is 10.0 Å². The maximum Gasteiger partial charge on any atom is 0.339 e. The molecule has 0 radical (unpaired) electrons. The van der Waals surface area contributed by atoms with E-state index in [1.54, 1.807) is 18.6 Å². The number of hydrogen-bond donors (Lipinski definition) is 1. The third-order valence-electron chi connectivity index (χ3n) is 2.62. The van der Waals surface area contributed by atoms with Gasteiger partial charge in [0, 0.05) is 16.9 Å². The molecule has 0 aliphatic heterocycles. The minimum Gasteiger partial charge on any atom is -0.491 e. The molecule has 100 valence electrons. The van der Waals surface area contributed by atoms with Gasteiger partial charge in [-0.25, -0.2) is 9.78 Å². The van der Waals surface area contributed by atoms with Crippen LogP contribution in [-0.4, -0.2) is 27.2 Å². The summed E-state index contributed by atoms with van der Waals surface area (Å²) in [7, 11) is 0. The first kappa shape index (κ1) is 13.6. The molecule has 0 bridgehead atoms. The molecule has 0 amide bonds. The Hall–Kier alpha value is -1.82. The highest BCUT2D eigenvalue weighted by atomic mass is 79.9. The predicted octanol–water partition coefficient (Wildman–Crippen LogP) is 2.73. The van der Waals surface area contributed by atoms with Crippen LogP contribution >= 0.6 is 15.9 Å². The maximum absolute atomic E-state index is 11.2. The zero-order chi connectivity index (χ0) is 13.8. The lowest BCUT2D eigenvalue weighted by Crippen LogP contribution is -2.10. The number of aromatic nitrogens is 2. The number of rotatable bonds is 5. The first-order valence-electron chi connectivity index (χ1n) is 5.70. The van der Waals surface area contributed by atoms with E-state index in [9.17, 15) is 9.90 Å². The summed E-state index contributed by atoms with van der Waals surface area (Å²) in [5, 5.41) is 9.18. The lowest BCUT2D eigenvalue weighted by atomic mass is 10.1. The molecule has 6 heteroatoms. The minimum atomic E-state index is -0.998. The van der Waals surface area contributed by atoms with Crippen molar-refractivity contribution in [1.29, 1.82) is 0 Å². The number of hydrogen-bond acceptors (Lipinski definition) is 3. The Morgan fingerprint density at radius 3 is 2.95 bits per heavy atom. The second kappa shape index (κ2) is 5.88. The highest BCUT2D eigenvalue weighted by molar-refractivity contribution is 9.10. The summed E-state index contributed by atoms with van der Waals surface area (Å²) in [5.41, 5.74) is 0.954. The summed E-state index contributed by atoms with van der Waals surface area (Å²) in [6, 6.07) is 3.38. The molecule has 2 rings (SSSR count). The van der Waals surface area contributed by atoms with Crippen molar-refractivity contribution in [3.63, 3.8) is 0 Å². The maximum atomic E-state index is 11.2. The van der Waals surface area contributed by atoms with Crippen LogP contribution in [0.15, 0.2) is 35.3 Å². The number of aryl methyl sites for hydroxylation is 1. The van der Waals surface area contributed by atoms with Gasteiger partial charge in [0.2, 0.25) is 0 Å². The highest BCUT2D eigenvalue weighted by Crippen LogP contribution is 2.28. The molecule has 1 N–H and O–H groups in total. The quantitative estimate of drug-likeness (QED) is 0.918. The van der Waals surface area contributed by atoms with Gasteiger partial charge in [-0.2, -0.15) is 0 Å². The van der Waals surface area contributed by atoms with Gasteiger partial charge >= 0.3 is 5.97 Å². The molecular formula is C13H13BrN2O3. The van der Waals surface area contributed by atoms with Crippen LogP contribution in [0.5, 0.6) is 5.75 Å². The number of imidazole rings is 1. The molecule has 0 fully saturated rings. The average molecular weight is 325 g/mol. The normalized spacial score (nSPS) is 10.4. The van der Waals surface area contributed by atoms with Gasteiger partial charge in [-0.1, -0.05) is 15.9 Å². The standard InChI is InChI=1S/C13H13BrN2O3/c1-9-6-10(14)7-11(13(17)18)12(9)19-5-4-16-3-2-15-8-16/h2-3,6-8H,4-5H2,1H3,(H,17,18). The first-order valence-corrected chi connectivity index (χ1v) is 6.49. The topological polar surface area (TPSA) is 64.3 Å². The molecule has 2 aromatic rings. The van der Waals surface area contributed by atoms with Gasteiger partial charge < -0.3 is 14.4 Å². The number of aromatic carboxylic acids is 1. The number of halogens is 1. The number of carboxylic acid groups (broad SMARTS) is 1. The van der Waals surface area contributed by atoms with Crippen molar-refractivity contribution in [1.82, 2.24) is 9.55 Å². The Labute approximate surface area is 119 Å². The van der Waals surface area contributed by atoms with Crippen molar-refractivity contribution in [2.45, 2.75) is 13.5 Å². The summed E-state index contributed by atoms with van der Waals surface area (Å²) in [4.78, 5) is 15.1. The SMILES string of the molecule is Cc1cc(Br)cc(C(=O)O)c1OCCn1ccnc1. The molecule has 0 aliphatic carbocycles. The van der Waals surface area contributed by atoms with Gasteiger partial charge in [0.05, 0.1) is 12.9 Å². The molecule has 0 saturated heterocycles. The zero-order valence-corrected chi connectivity index (χ0v) is 11.9. The largest absolute Gasteiger partial charge is 0.491 e. The third kappa shape index (κ3) is 3.35. The molecule has 1 aromatic heterocycles. The van der Waals surface area contributed by atoms with Gasteiger partial charge in [-0.3, -0.25) is 0 Å². The molecule has 0 unspecified atom stereocenters. The van der Waals surface area contributed by atoms with E-state index in [-0.39, 0.29) is 5.56 Å². The fourth-order valence-corrected chi connectivity index (χ4v) is 2.32. The van der Waals surface area contributed by atoms with E-state index in [0.29, 0.717) is 18.9 Å². The van der Waals surface area contributed by atoms with E-state index in [2.05, 4.69) is 20.9 Å². The molecule has 19 heavy (non-hydrogen) atoms. The summed E-state index contributed by atoms with van der Waals surface area (Å²) in [6.07, 6.45) is 5.21. The Balaban J connectivity index is 2.12. The zero-order valence-electron chi connectivity index (χ0n) is 10.3. The van der Waals surface area contributed by atoms with E-state index in [1.807, 2.05) is 23.8 Å². The van der Waals surface area contributed by atoms with Crippen LogP contribution in [-0.2, 0) is 6.54 Å². The van der Waals surface area contributed by atoms with E-state index < -0.39 is 5.97 Å². The van der Waals surface area contributed by atoms with Crippen LogP contribution in [0.25, 0.3) is 0 Å². The van der Waals surface area contributed by atoms with Crippen molar-refractivity contribution in [3.8, 4) is 5.75 Å². The molecular weight excluding hydrogens is 312 g/mol. The van der Waals surface area contributed by atoms with Crippen molar-refractivity contribution in [2.75, 3.05) is 6.61 Å². The lowest BCUT2D eigenvalue weighted by molar-refractivity contribution is 0.0691. The van der Waals surface area contributed by atoms with Gasteiger partial charge in [-0.05, 0) is 24.6 Å². The van der Waals surface area contributed by atoms with Crippen molar-refractivity contribution >= 4 is 21.9 Å². The lowest BCUT2D eigenvalue weighted by Gasteiger charge is -2.13. The highest BCUT2D eigenvalue weighted by Gasteiger charge is 2.15. The minimum absolute atomic E-state index is 0.164. The van der Waals surface area contributed by atoms with Gasteiger partial charge in [0.15, 0.2) is 0 Å². The Bertz CT molecular complexity index is 582. The molecule has 0 spiro atoms. The molecule has 0 atom stereocenters. The third-order valence-corrected chi connectivity index (χ3v) is 3.08. The molecule has 5 nitrogen and oxygen atoms in total. The van der Waals surface area contributed by atoms with Gasteiger partial charge in [-0.15, -0.1) is 0 Å². The molecule has 1 heterocycles. The molecule has 1 aromatic carbocycles. The van der Waals surface area contributed by atoms with Crippen LogP contribution in [0, 0.1) is 6.92 Å². The Morgan fingerprint density at radius 2 is 2.32 bits per heavy atom. The number of benzene rings is 1. The summed E-state index contributed by atoms with van der Waals surface area (Å²) in [6.45, 7) is 2.83. The fourth-order valence-electron chi connectivity index (χ4n) is 1.75. The van der Waals surface area contributed by atoms with Crippen LogP contribution in [0.4, 0.5) is 0 Å². The van der Waals surface area contributed by atoms with E-state index in [1.165, 1.54) is 0 Å². The second-order valence-electron chi connectivity index (χ2n) is 4.05. The number of nitrogens with zero attached hydrogens (tertiary/aromatic N) is 2. The van der Waals surface area contributed by atoms with E-state index >= 15 is 0 Å². The average Bonchev–Trinajstić information content (AvgIpc) is 2.84. The molecule has 0 aliphatic rings. The van der Waals surface area contributed by atoms with Crippen LogP contribution in [0.2, 0.25) is 0 Å².